The molecule has 1 amide bonds. The minimum Gasteiger partial charge on any atom is -0.479 e. The zero-order chi connectivity index (χ0) is 12.4. The maximum atomic E-state index is 11.0. The first-order valence-electron chi connectivity index (χ1n) is 6.38. The Bertz CT molecular complexity index is 311. The van der Waals surface area contributed by atoms with Crippen LogP contribution >= 0.6 is 0 Å². The van der Waals surface area contributed by atoms with E-state index in [1.807, 2.05) is 4.90 Å². The van der Waals surface area contributed by atoms with Crippen molar-refractivity contribution in [2.24, 2.45) is 11.8 Å². The van der Waals surface area contributed by atoms with Crippen LogP contribution in [0.2, 0.25) is 0 Å². The molecule has 2 saturated heterocycles. The molecule has 0 aliphatic carbocycles. The highest BCUT2D eigenvalue weighted by Gasteiger charge is 2.29. The summed E-state index contributed by atoms with van der Waals surface area (Å²) in [5.74, 6) is 2.19. The first kappa shape index (κ1) is 12.3. The summed E-state index contributed by atoms with van der Waals surface area (Å²) in [7, 11) is 0. The van der Waals surface area contributed by atoms with E-state index in [2.05, 4.69) is 18.4 Å². The van der Waals surface area contributed by atoms with Crippen LogP contribution in [-0.2, 0) is 9.53 Å². The predicted molar refractivity (Wildman–Crippen MR) is 66.2 cm³/mol. The molecule has 0 saturated carbocycles. The number of amides is 1. The van der Waals surface area contributed by atoms with Crippen LogP contribution in [0.15, 0.2) is 12.5 Å². The fraction of sp³-hybridized carbons (Fsp3) is 0.769. The minimum absolute atomic E-state index is 0.161. The van der Waals surface area contributed by atoms with E-state index >= 15 is 0 Å². The Hall–Kier alpha value is -1.19. The van der Waals surface area contributed by atoms with Gasteiger partial charge in [-0.05, 0) is 18.9 Å². The Kier molecular flexibility index (Phi) is 3.60. The van der Waals surface area contributed by atoms with E-state index < -0.39 is 0 Å². The average molecular weight is 238 g/mol. The molecule has 0 aromatic carbocycles. The van der Waals surface area contributed by atoms with Gasteiger partial charge in [-0.15, -0.1) is 0 Å². The number of likely N-dealkylation sites (tertiary alicyclic amines) is 2. The number of carbonyl (C=O) groups is 1. The third-order valence-electron chi connectivity index (χ3n) is 3.66. The molecule has 0 aromatic rings. The molecule has 0 radical (unpaired) electrons. The van der Waals surface area contributed by atoms with Gasteiger partial charge in [0.05, 0.1) is 6.61 Å². The number of hydrogen-bond donors (Lipinski definition) is 0. The molecule has 1 unspecified atom stereocenters. The highest BCUT2D eigenvalue weighted by atomic mass is 16.5. The maximum absolute atomic E-state index is 11.0. The molecule has 2 rings (SSSR count). The third kappa shape index (κ3) is 2.93. The van der Waals surface area contributed by atoms with E-state index in [0.29, 0.717) is 12.5 Å². The van der Waals surface area contributed by atoms with Crippen molar-refractivity contribution in [3.63, 3.8) is 0 Å². The van der Waals surface area contributed by atoms with Crippen LogP contribution in [0.3, 0.4) is 0 Å². The fourth-order valence-electron chi connectivity index (χ4n) is 2.40. The molecule has 2 heterocycles. The van der Waals surface area contributed by atoms with E-state index in [9.17, 15) is 4.79 Å². The van der Waals surface area contributed by atoms with Gasteiger partial charge in [0.25, 0.3) is 0 Å². The van der Waals surface area contributed by atoms with Gasteiger partial charge in [0.2, 0.25) is 5.91 Å². The molecule has 4 nitrogen and oxygen atoms in total. The molecule has 2 aliphatic rings. The van der Waals surface area contributed by atoms with E-state index in [1.165, 1.54) is 6.42 Å². The van der Waals surface area contributed by atoms with Gasteiger partial charge in [-0.3, -0.25) is 4.79 Å². The quantitative estimate of drug-likeness (QED) is 0.692. The summed E-state index contributed by atoms with van der Waals surface area (Å²) < 4.78 is 5.70. The van der Waals surface area contributed by atoms with Crippen molar-refractivity contribution in [1.29, 1.82) is 0 Å². The lowest BCUT2D eigenvalue weighted by Gasteiger charge is -2.38. The van der Waals surface area contributed by atoms with Crippen molar-refractivity contribution in [1.82, 2.24) is 9.80 Å². The molecule has 1 atom stereocenters. The van der Waals surface area contributed by atoms with Crippen LogP contribution in [0.4, 0.5) is 0 Å². The first-order valence-corrected chi connectivity index (χ1v) is 6.38. The summed E-state index contributed by atoms with van der Waals surface area (Å²) in [6.45, 7) is 12.3. The normalized spacial score (nSPS) is 24.7. The Balaban J connectivity index is 1.63. The minimum atomic E-state index is 0.161. The molecule has 0 spiro atoms. The topological polar surface area (TPSA) is 32.8 Å². The van der Waals surface area contributed by atoms with Crippen LogP contribution in [0.1, 0.15) is 20.3 Å². The molecule has 0 N–H and O–H groups in total. The number of nitrogens with zero attached hydrogens (tertiary/aromatic N) is 2. The van der Waals surface area contributed by atoms with Crippen molar-refractivity contribution in [3.05, 3.63) is 12.5 Å². The number of hydrogen-bond acceptors (Lipinski definition) is 3. The van der Waals surface area contributed by atoms with Gasteiger partial charge in [0.15, 0.2) is 5.88 Å². The fourth-order valence-corrected chi connectivity index (χ4v) is 2.40. The molecular formula is C13H22N2O2. The Morgan fingerprint density at radius 2 is 2.06 bits per heavy atom. The lowest BCUT2D eigenvalue weighted by atomic mass is 10.0. The van der Waals surface area contributed by atoms with E-state index in [0.717, 1.165) is 38.0 Å². The molecule has 0 aromatic heterocycles. The van der Waals surface area contributed by atoms with Crippen LogP contribution in [0, 0.1) is 11.8 Å². The lowest BCUT2D eigenvalue weighted by molar-refractivity contribution is -0.136. The summed E-state index contributed by atoms with van der Waals surface area (Å²) >= 11 is 0. The second-order valence-corrected chi connectivity index (χ2v) is 5.33. The van der Waals surface area contributed by atoms with E-state index in [-0.39, 0.29) is 5.91 Å². The molecule has 0 bridgehead atoms. The van der Waals surface area contributed by atoms with Crippen LogP contribution < -0.4 is 0 Å². The summed E-state index contributed by atoms with van der Waals surface area (Å²) in [5, 5.41) is 0. The zero-order valence-corrected chi connectivity index (χ0v) is 10.8. The second-order valence-electron chi connectivity index (χ2n) is 5.33. The number of rotatable bonds is 4. The SMILES string of the molecule is C=C(OCC1CN(C(C)=O)C1)N1CCC(C)C1. The molecule has 2 fully saturated rings. The summed E-state index contributed by atoms with van der Waals surface area (Å²) in [5.41, 5.74) is 0. The van der Waals surface area contributed by atoms with Gasteiger partial charge in [-0.2, -0.15) is 0 Å². The van der Waals surface area contributed by atoms with Crippen molar-refractivity contribution in [2.45, 2.75) is 20.3 Å². The Morgan fingerprint density at radius 1 is 1.35 bits per heavy atom. The van der Waals surface area contributed by atoms with Crippen LogP contribution in [-0.4, -0.2) is 48.5 Å². The summed E-state index contributed by atoms with van der Waals surface area (Å²) in [6, 6.07) is 0. The Morgan fingerprint density at radius 3 is 2.59 bits per heavy atom. The van der Waals surface area contributed by atoms with Crippen LogP contribution in [0.25, 0.3) is 0 Å². The lowest BCUT2D eigenvalue weighted by Crippen LogP contribution is -2.50. The van der Waals surface area contributed by atoms with Gasteiger partial charge in [-0.1, -0.05) is 6.92 Å². The van der Waals surface area contributed by atoms with Gasteiger partial charge >= 0.3 is 0 Å². The third-order valence-corrected chi connectivity index (χ3v) is 3.66. The van der Waals surface area contributed by atoms with Crippen molar-refractivity contribution < 1.29 is 9.53 Å². The Labute approximate surface area is 103 Å². The molecule has 96 valence electrons. The van der Waals surface area contributed by atoms with Gasteiger partial charge in [0.1, 0.15) is 0 Å². The predicted octanol–water partition coefficient (Wildman–Crippen LogP) is 1.29. The van der Waals surface area contributed by atoms with Crippen molar-refractivity contribution >= 4 is 5.91 Å². The second kappa shape index (κ2) is 4.98. The van der Waals surface area contributed by atoms with Crippen LogP contribution in [0.5, 0.6) is 0 Å². The number of ether oxygens (including phenoxy) is 1. The van der Waals surface area contributed by atoms with Gasteiger partial charge < -0.3 is 14.5 Å². The highest BCUT2D eigenvalue weighted by Crippen LogP contribution is 2.21. The molecule has 17 heavy (non-hydrogen) atoms. The first-order chi connectivity index (χ1) is 8.06. The van der Waals surface area contributed by atoms with E-state index in [1.54, 1.807) is 6.92 Å². The monoisotopic (exact) mass is 238 g/mol. The molecule has 4 heteroatoms. The molecular weight excluding hydrogens is 216 g/mol. The smallest absolute Gasteiger partial charge is 0.219 e. The van der Waals surface area contributed by atoms with E-state index in [4.69, 9.17) is 4.74 Å². The highest BCUT2D eigenvalue weighted by molar-refractivity contribution is 5.74. The molecule has 2 aliphatic heterocycles. The zero-order valence-electron chi connectivity index (χ0n) is 10.8. The van der Waals surface area contributed by atoms with Crippen molar-refractivity contribution in [2.75, 3.05) is 32.8 Å². The summed E-state index contributed by atoms with van der Waals surface area (Å²) in [4.78, 5) is 15.1. The van der Waals surface area contributed by atoms with Crippen molar-refractivity contribution in [3.8, 4) is 0 Å². The number of carbonyl (C=O) groups excluding carboxylic acids is 1. The average Bonchev–Trinajstić information content (AvgIpc) is 2.61. The summed E-state index contributed by atoms with van der Waals surface area (Å²) in [6.07, 6.45) is 1.23. The largest absolute Gasteiger partial charge is 0.479 e. The van der Waals surface area contributed by atoms with Gasteiger partial charge in [-0.25, -0.2) is 0 Å². The van der Waals surface area contributed by atoms with Gasteiger partial charge in [0, 0.05) is 39.0 Å². The standard InChI is InChI=1S/C13H22N2O2/c1-10-4-5-14(6-10)12(3)17-9-13-7-15(8-13)11(2)16/h10,13H,3-9H2,1-2H3. The maximum Gasteiger partial charge on any atom is 0.219 e.